The summed E-state index contributed by atoms with van der Waals surface area (Å²) in [4.78, 5) is 3.88. The molecule has 0 N–H and O–H groups in total. The van der Waals surface area contributed by atoms with E-state index in [9.17, 15) is 8.42 Å². The Kier molecular flexibility index (Phi) is 3.10. The Morgan fingerprint density at radius 1 is 1.43 bits per heavy atom. The lowest BCUT2D eigenvalue weighted by Crippen LogP contribution is -1.90. The van der Waals surface area contributed by atoms with Crippen LogP contribution in [0.3, 0.4) is 0 Å². The molecule has 1 aromatic heterocycles. The molecular formula is C9H9NO3S. The molecule has 0 spiro atoms. The minimum Gasteiger partial charge on any atom is -0.481 e. The van der Waals surface area contributed by atoms with Gasteiger partial charge in [0, 0.05) is 23.1 Å². The van der Waals surface area contributed by atoms with Crippen LogP contribution in [0.15, 0.2) is 18.3 Å². The van der Waals surface area contributed by atoms with Gasteiger partial charge in [-0.3, -0.25) is 0 Å². The maximum Gasteiger partial charge on any atom is 0.214 e. The average Bonchev–Trinajstić information content (AvgIpc) is 2.14. The van der Waals surface area contributed by atoms with Crippen LogP contribution in [0.4, 0.5) is 0 Å². The van der Waals surface area contributed by atoms with E-state index in [1.807, 2.05) is 0 Å². The van der Waals surface area contributed by atoms with Crippen LogP contribution < -0.4 is 4.74 Å². The summed E-state index contributed by atoms with van der Waals surface area (Å²) < 4.78 is 26.3. The molecule has 0 saturated heterocycles. The molecule has 0 saturated carbocycles. The van der Waals surface area contributed by atoms with Crippen molar-refractivity contribution in [1.82, 2.24) is 4.98 Å². The Labute approximate surface area is 82.8 Å². The topological polar surface area (TPSA) is 56.3 Å². The monoisotopic (exact) mass is 211 g/mol. The van der Waals surface area contributed by atoms with Crippen LogP contribution in [0.5, 0.6) is 5.88 Å². The zero-order valence-electron chi connectivity index (χ0n) is 7.81. The van der Waals surface area contributed by atoms with Crippen molar-refractivity contribution in [2.75, 3.05) is 13.4 Å². The van der Waals surface area contributed by atoms with E-state index in [0.29, 0.717) is 11.4 Å². The van der Waals surface area contributed by atoms with Crippen molar-refractivity contribution in [2.45, 2.75) is 0 Å². The summed E-state index contributed by atoms with van der Waals surface area (Å²) in [6.45, 7) is 0. The second-order valence-electron chi connectivity index (χ2n) is 2.59. The molecule has 74 valence electrons. The molecule has 0 aliphatic rings. The van der Waals surface area contributed by atoms with Gasteiger partial charge in [-0.1, -0.05) is 0 Å². The van der Waals surface area contributed by atoms with E-state index in [4.69, 9.17) is 4.74 Å². The third-order valence-electron chi connectivity index (χ3n) is 1.33. The lowest BCUT2D eigenvalue weighted by molar-refractivity contribution is 0.398. The predicted octanol–water partition coefficient (Wildman–Crippen LogP) is 0.444. The molecule has 0 aliphatic heterocycles. The molecule has 0 aromatic carbocycles. The highest BCUT2D eigenvalue weighted by Crippen LogP contribution is 2.05. The van der Waals surface area contributed by atoms with Gasteiger partial charge in [-0.25, -0.2) is 13.4 Å². The van der Waals surface area contributed by atoms with Gasteiger partial charge < -0.3 is 4.74 Å². The van der Waals surface area contributed by atoms with E-state index < -0.39 is 9.84 Å². The second-order valence-corrected chi connectivity index (χ2v) is 4.34. The third-order valence-corrected chi connectivity index (χ3v) is 1.80. The molecule has 0 atom stereocenters. The largest absolute Gasteiger partial charge is 0.481 e. The number of pyridine rings is 1. The number of ether oxygens (including phenoxy) is 1. The first kappa shape index (κ1) is 10.5. The third kappa shape index (κ3) is 3.46. The molecule has 0 radical (unpaired) electrons. The lowest BCUT2D eigenvalue weighted by Gasteiger charge is -1.95. The number of methoxy groups -OCH3 is 1. The first-order valence-electron chi connectivity index (χ1n) is 3.74. The van der Waals surface area contributed by atoms with Crippen molar-refractivity contribution >= 4 is 9.84 Å². The number of aromatic nitrogens is 1. The van der Waals surface area contributed by atoms with Gasteiger partial charge >= 0.3 is 0 Å². The molecule has 1 rings (SSSR count). The fourth-order valence-electron chi connectivity index (χ4n) is 0.727. The minimum atomic E-state index is -3.26. The summed E-state index contributed by atoms with van der Waals surface area (Å²) in [6.07, 6.45) is 2.51. The molecule has 14 heavy (non-hydrogen) atoms. The van der Waals surface area contributed by atoms with Crippen LogP contribution in [0.2, 0.25) is 0 Å². The summed E-state index contributed by atoms with van der Waals surface area (Å²) in [5.41, 5.74) is 0.538. The van der Waals surface area contributed by atoms with E-state index in [1.54, 1.807) is 12.1 Å². The molecule has 0 fully saturated rings. The van der Waals surface area contributed by atoms with Crippen molar-refractivity contribution < 1.29 is 13.2 Å². The Hall–Kier alpha value is -1.54. The molecule has 1 heterocycles. The van der Waals surface area contributed by atoms with Gasteiger partial charge in [-0.15, -0.1) is 0 Å². The normalized spacial score (nSPS) is 10.1. The van der Waals surface area contributed by atoms with E-state index in [0.717, 1.165) is 6.26 Å². The van der Waals surface area contributed by atoms with Crippen molar-refractivity contribution in [3.63, 3.8) is 0 Å². The Morgan fingerprint density at radius 2 is 2.14 bits per heavy atom. The standard InChI is InChI=1S/C9H9NO3S/c1-13-9-4-3-8(7-10-9)5-6-14(2,11)12/h3-4,7H,1-2H3. The first-order chi connectivity index (χ1) is 6.51. The molecule has 0 amide bonds. The summed E-state index contributed by atoms with van der Waals surface area (Å²) in [5.74, 6) is 2.95. The van der Waals surface area contributed by atoms with Crippen LogP contribution in [-0.4, -0.2) is 26.8 Å². The number of rotatable bonds is 1. The van der Waals surface area contributed by atoms with Gasteiger partial charge in [-0.05, 0) is 12.0 Å². The van der Waals surface area contributed by atoms with Crippen molar-refractivity contribution in [3.8, 4) is 17.1 Å². The first-order valence-corrected chi connectivity index (χ1v) is 5.63. The fraction of sp³-hybridized carbons (Fsp3) is 0.222. The molecular weight excluding hydrogens is 202 g/mol. The van der Waals surface area contributed by atoms with Gasteiger partial charge in [0.15, 0.2) is 0 Å². The van der Waals surface area contributed by atoms with Gasteiger partial charge in [0.25, 0.3) is 0 Å². The highest BCUT2D eigenvalue weighted by Gasteiger charge is 1.94. The summed E-state index contributed by atoms with van der Waals surface area (Å²) in [6, 6.07) is 3.26. The Morgan fingerprint density at radius 3 is 2.57 bits per heavy atom. The van der Waals surface area contributed by atoms with Gasteiger partial charge in [0.1, 0.15) is 0 Å². The molecule has 1 aromatic rings. The Balaban J connectivity index is 2.93. The number of hydrogen-bond acceptors (Lipinski definition) is 4. The quantitative estimate of drug-likeness (QED) is 0.633. The van der Waals surface area contributed by atoms with Gasteiger partial charge in [0.05, 0.1) is 13.4 Å². The SMILES string of the molecule is COc1ccc(C#CS(C)(=O)=O)cn1. The smallest absolute Gasteiger partial charge is 0.214 e. The van der Waals surface area contributed by atoms with E-state index in [1.165, 1.54) is 13.3 Å². The van der Waals surface area contributed by atoms with Crippen LogP contribution in [-0.2, 0) is 9.84 Å². The summed E-state index contributed by atoms with van der Waals surface area (Å²) >= 11 is 0. The van der Waals surface area contributed by atoms with E-state index in [2.05, 4.69) is 16.2 Å². The van der Waals surface area contributed by atoms with Crippen LogP contribution in [0, 0.1) is 11.2 Å². The van der Waals surface area contributed by atoms with Crippen LogP contribution in [0.25, 0.3) is 0 Å². The summed E-state index contributed by atoms with van der Waals surface area (Å²) in [5, 5.41) is 2.12. The van der Waals surface area contributed by atoms with Crippen molar-refractivity contribution in [1.29, 1.82) is 0 Å². The molecule has 0 unspecified atom stereocenters. The molecule has 0 bridgehead atoms. The molecule has 5 heteroatoms. The second kappa shape index (κ2) is 4.11. The maximum atomic E-state index is 10.7. The lowest BCUT2D eigenvalue weighted by atomic mass is 10.3. The van der Waals surface area contributed by atoms with Crippen LogP contribution >= 0.6 is 0 Å². The minimum absolute atomic E-state index is 0.468. The number of sulfone groups is 1. The highest BCUT2D eigenvalue weighted by molar-refractivity contribution is 7.95. The zero-order chi connectivity index (χ0) is 10.6. The van der Waals surface area contributed by atoms with E-state index in [-0.39, 0.29) is 0 Å². The molecule has 0 aliphatic carbocycles. The van der Waals surface area contributed by atoms with E-state index >= 15 is 0 Å². The van der Waals surface area contributed by atoms with Gasteiger partial charge in [-0.2, -0.15) is 0 Å². The van der Waals surface area contributed by atoms with Crippen molar-refractivity contribution in [2.24, 2.45) is 0 Å². The fourth-order valence-corrected chi connectivity index (χ4v) is 1.03. The maximum absolute atomic E-state index is 10.7. The number of hydrogen-bond donors (Lipinski definition) is 0. The van der Waals surface area contributed by atoms with Gasteiger partial charge in [0.2, 0.25) is 15.7 Å². The highest BCUT2D eigenvalue weighted by atomic mass is 32.2. The van der Waals surface area contributed by atoms with Crippen LogP contribution in [0.1, 0.15) is 5.56 Å². The zero-order valence-corrected chi connectivity index (χ0v) is 8.63. The Bertz CT molecular complexity index is 465. The van der Waals surface area contributed by atoms with Crippen molar-refractivity contribution in [3.05, 3.63) is 23.9 Å². The number of nitrogens with zero attached hydrogens (tertiary/aromatic N) is 1. The predicted molar refractivity (Wildman–Crippen MR) is 52.5 cm³/mol. The average molecular weight is 211 g/mol. The molecule has 4 nitrogen and oxygen atoms in total. The summed E-state index contributed by atoms with van der Waals surface area (Å²) in [7, 11) is -1.75.